The molecule has 1 atom stereocenters. The van der Waals surface area contributed by atoms with Crippen molar-refractivity contribution in [3.8, 4) is 11.5 Å². The Morgan fingerprint density at radius 1 is 1.45 bits per heavy atom. The van der Waals surface area contributed by atoms with Gasteiger partial charge in [0.05, 0.1) is 13.7 Å². The van der Waals surface area contributed by atoms with Crippen molar-refractivity contribution in [2.45, 2.75) is 25.8 Å². The molecule has 0 saturated carbocycles. The summed E-state index contributed by atoms with van der Waals surface area (Å²) in [6.45, 7) is 1.94. The molecule has 112 valence electrons. The van der Waals surface area contributed by atoms with Crippen LogP contribution in [0.4, 0.5) is 5.69 Å². The summed E-state index contributed by atoms with van der Waals surface area (Å²) in [5.74, 6) is 0.930. The number of amides is 1. The molecule has 1 unspecified atom stereocenters. The Bertz CT molecular complexity index is 435. The maximum Gasteiger partial charge on any atom is 0.224 e. The smallest absolute Gasteiger partial charge is 0.224 e. The van der Waals surface area contributed by atoms with Crippen molar-refractivity contribution in [1.29, 1.82) is 0 Å². The number of hydrogen-bond acceptors (Lipinski definition) is 5. The molecular weight excluding hydrogens is 260 g/mol. The van der Waals surface area contributed by atoms with Gasteiger partial charge in [-0.05, 0) is 25.5 Å². The Morgan fingerprint density at radius 3 is 2.80 bits per heavy atom. The highest BCUT2D eigenvalue weighted by Crippen LogP contribution is 2.30. The third-order valence-electron chi connectivity index (χ3n) is 2.62. The van der Waals surface area contributed by atoms with Gasteiger partial charge in [-0.15, -0.1) is 0 Å². The first-order valence-electron chi connectivity index (χ1n) is 6.54. The lowest BCUT2D eigenvalue weighted by Gasteiger charge is -2.12. The first-order valence-corrected chi connectivity index (χ1v) is 6.54. The predicted molar refractivity (Wildman–Crippen MR) is 77.1 cm³/mol. The van der Waals surface area contributed by atoms with E-state index in [4.69, 9.17) is 20.3 Å². The predicted octanol–water partition coefficient (Wildman–Crippen LogP) is 1.13. The molecule has 1 aromatic rings. The molecule has 0 radical (unpaired) electrons. The van der Waals surface area contributed by atoms with Gasteiger partial charge in [0.1, 0.15) is 6.61 Å². The quantitative estimate of drug-likeness (QED) is 0.664. The van der Waals surface area contributed by atoms with Crippen LogP contribution in [-0.2, 0) is 4.79 Å². The van der Waals surface area contributed by atoms with Crippen molar-refractivity contribution in [1.82, 2.24) is 0 Å². The largest absolute Gasteiger partial charge is 0.493 e. The summed E-state index contributed by atoms with van der Waals surface area (Å²) >= 11 is 0. The van der Waals surface area contributed by atoms with Crippen molar-refractivity contribution in [3.05, 3.63) is 18.2 Å². The van der Waals surface area contributed by atoms with Crippen LogP contribution in [0.15, 0.2) is 18.2 Å². The van der Waals surface area contributed by atoms with Gasteiger partial charge >= 0.3 is 0 Å². The van der Waals surface area contributed by atoms with Crippen LogP contribution in [0.25, 0.3) is 0 Å². The van der Waals surface area contributed by atoms with Crippen LogP contribution in [0.5, 0.6) is 11.5 Å². The van der Waals surface area contributed by atoms with E-state index in [0.29, 0.717) is 30.0 Å². The second-order valence-electron chi connectivity index (χ2n) is 4.50. The van der Waals surface area contributed by atoms with Crippen molar-refractivity contribution in [3.63, 3.8) is 0 Å². The van der Waals surface area contributed by atoms with Gasteiger partial charge in [0.25, 0.3) is 0 Å². The highest BCUT2D eigenvalue weighted by molar-refractivity contribution is 5.91. The van der Waals surface area contributed by atoms with E-state index in [1.165, 1.54) is 7.11 Å². The molecule has 0 heterocycles. The van der Waals surface area contributed by atoms with Crippen molar-refractivity contribution in [2.75, 3.05) is 25.6 Å². The van der Waals surface area contributed by atoms with Gasteiger partial charge in [0.2, 0.25) is 5.91 Å². The fourth-order valence-electron chi connectivity index (χ4n) is 1.61. The lowest BCUT2D eigenvalue weighted by molar-refractivity contribution is -0.116. The molecule has 1 aromatic carbocycles. The van der Waals surface area contributed by atoms with E-state index in [9.17, 15) is 4.79 Å². The Balaban J connectivity index is 2.68. The number of hydrogen-bond donors (Lipinski definition) is 3. The standard InChI is InChI=1S/C14H22N2O4/c1-10(15)3-6-14(18)16-11-4-5-12(19-2)13(9-11)20-8-7-17/h4-5,9-10,17H,3,6-8,15H2,1-2H3,(H,16,18). The van der Waals surface area contributed by atoms with Gasteiger partial charge in [-0.25, -0.2) is 0 Å². The summed E-state index contributed by atoms with van der Waals surface area (Å²) in [5.41, 5.74) is 6.23. The molecular formula is C14H22N2O4. The third-order valence-corrected chi connectivity index (χ3v) is 2.62. The number of methoxy groups -OCH3 is 1. The number of carbonyl (C=O) groups excluding carboxylic acids is 1. The van der Waals surface area contributed by atoms with E-state index in [1.54, 1.807) is 18.2 Å². The first kappa shape index (κ1) is 16.3. The molecule has 0 bridgehead atoms. The molecule has 0 saturated heterocycles. The highest BCUT2D eigenvalue weighted by atomic mass is 16.5. The van der Waals surface area contributed by atoms with Crippen LogP contribution in [0, 0.1) is 0 Å². The van der Waals surface area contributed by atoms with Gasteiger partial charge in [-0.1, -0.05) is 0 Å². The lowest BCUT2D eigenvalue weighted by atomic mass is 10.2. The van der Waals surface area contributed by atoms with E-state index < -0.39 is 0 Å². The molecule has 0 aliphatic heterocycles. The van der Waals surface area contributed by atoms with E-state index >= 15 is 0 Å². The maximum absolute atomic E-state index is 11.7. The molecule has 4 N–H and O–H groups in total. The summed E-state index contributed by atoms with van der Waals surface area (Å²) in [6, 6.07) is 5.10. The van der Waals surface area contributed by atoms with Gasteiger partial charge < -0.3 is 25.6 Å². The number of benzene rings is 1. The number of nitrogens with two attached hydrogens (primary N) is 1. The average Bonchev–Trinajstić information content (AvgIpc) is 2.43. The van der Waals surface area contributed by atoms with Crippen molar-refractivity contribution >= 4 is 11.6 Å². The summed E-state index contributed by atoms with van der Waals surface area (Å²) in [4.78, 5) is 11.7. The zero-order valence-corrected chi connectivity index (χ0v) is 11.9. The SMILES string of the molecule is COc1ccc(NC(=O)CCC(C)N)cc1OCCO. The molecule has 0 aliphatic carbocycles. The summed E-state index contributed by atoms with van der Waals surface area (Å²) in [6.07, 6.45) is 1.01. The van der Waals surface area contributed by atoms with Crippen LogP contribution in [0.1, 0.15) is 19.8 Å². The minimum atomic E-state index is -0.0967. The topological polar surface area (TPSA) is 93.8 Å². The Kier molecular flexibility index (Phi) is 6.83. The molecule has 0 spiro atoms. The second-order valence-corrected chi connectivity index (χ2v) is 4.50. The summed E-state index contributed by atoms with van der Waals surface area (Å²) < 4.78 is 10.5. The van der Waals surface area contributed by atoms with Crippen molar-refractivity contribution in [2.24, 2.45) is 5.73 Å². The summed E-state index contributed by atoms with van der Waals surface area (Å²) in [7, 11) is 1.53. The van der Waals surface area contributed by atoms with E-state index in [0.717, 1.165) is 0 Å². The minimum Gasteiger partial charge on any atom is -0.493 e. The second kappa shape index (κ2) is 8.39. The average molecular weight is 282 g/mol. The molecule has 0 aromatic heterocycles. The number of aliphatic hydroxyl groups excluding tert-OH is 1. The monoisotopic (exact) mass is 282 g/mol. The number of ether oxygens (including phenoxy) is 2. The van der Waals surface area contributed by atoms with Crippen molar-refractivity contribution < 1.29 is 19.4 Å². The highest BCUT2D eigenvalue weighted by Gasteiger charge is 2.09. The zero-order chi connectivity index (χ0) is 15.0. The Morgan fingerprint density at radius 2 is 2.20 bits per heavy atom. The van der Waals surface area contributed by atoms with Crippen LogP contribution in [0.2, 0.25) is 0 Å². The van der Waals surface area contributed by atoms with Gasteiger partial charge in [-0.3, -0.25) is 4.79 Å². The van der Waals surface area contributed by atoms with E-state index in [2.05, 4.69) is 5.32 Å². The van der Waals surface area contributed by atoms with Crippen LogP contribution in [-0.4, -0.2) is 37.4 Å². The fourth-order valence-corrected chi connectivity index (χ4v) is 1.61. The minimum absolute atomic E-state index is 0.0000610. The molecule has 0 aliphatic rings. The summed E-state index contributed by atoms with van der Waals surface area (Å²) in [5, 5.41) is 11.6. The molecule has 6 heteroatoms. The maximum atomic E-state index is 11.7. The molecule has 6 nitrogen and oxygen atoms in total. The molecule has 20 heavy (non-hydrogen) atoms. The van der Waals surface area contributed by atoms with Gasteiger partial charge in [0.15, 0.2) is 11.5 Å². The lowest BCUT2D eigenvalue weighted by Crippen LogP contribution is -2.19. The fraction of sp³-hybridized carbons (Fsp3) is 0.500. The van der Waals surface area contributed by atoms with E-state index in [1.807, 2.05) is 6.92 Å². The van der Waals surface area contributed by atoms with Crippen LogP contribution >= 0.6 is 0 Å². The Labute approximate surface area is 118 Å². The number of aliphatic hydroxyl groups is 1. The number of anilines is 1. The number of carbonyl (C=O) groups is 1. The number of nitrogens with one attached hydrogen (secondary N) is 1. The van der Waals surface area contributed by atoms with Gasteiger partial charge in [0, 0.05) is 24.2 Å². The Hall–Kier alpha value is -1.79. The molecule has 1 amide bonds. The van der Waals surface area contributed by atoms with Gasteiger partial charge in [-0.2, -0.15) is 0 Å². The normalized spacial score (nSPS) is 11.8. The van der Waals surface area contributed by atoms with E-state index in [-0.39, 0.29) is 25.2 Å². The third kappa shape index (κ3) is 5.46. The molecule has 1 rings (SSSR count). The zero-order valence-electron chi connectivity index (χ0n) is 11.9. The van der Waals surface area contributed by atoms with Crippen LogP contribution < -0.4 is 20.5 Å². The first-order chi connectivity index (χ1) is 9.56. The van der Waals surface area contributed by atoms with Crippen LogP contribution in [0.3, 0.4) is 0 Å². The molecule has 0 fully saturated rings. The number of rotatable bonds is 8.